The molecule has 0 atom stereocenters. The SMILES string of the molecule is O=C(OC1(C2(O)C=CC=C2)C=CC=C1)C(C1(O)C=CC=C1)(C1(O)C=CC=C1)C1(O)C=CC=C1. The van der Waals surface area contributed by atoms with Crippen LogP contribution in [0, 0.1) is 5.41 Å². The van der Waals surface area contributed by atoms with E-state index in [1.54, 1.807) is 24.3 Å². The summed E-state index contributed by atoms with van der Waals surface area (Å²) >= 11 is 0. The summed E-state index contributed by atoms with van der Waals surface area (Å²) in [6, 6.07) is 0. The van der Waals surface area contributed by atoms with E-state index >= 15 is 0 Å². The van der Waals surface area contributed by atoms with Gasteiger partial charge in [-0.05, 0) is 60.8 Å². The van der Waals surface area contributed by atoms with Crippen LogP contribution in [0.5, 0.6) is 0 Å². The molecule has 33 heavy (non-hydrogen) atoms. The third-order valence-corrected chi connectivity index (χ3v) is 7.04. The molecule has 0 heterocycles. The molecule has 0 saturated carbocycles. The first kappa shape index (κ1) is 21.6. The fourth-order valence-corrected chi connectivity index (χ4v) is 5.40. The predicted octanol–water partition coefficient (Wildman–Crippen LogP) is 1.81. The first-order valence-corrected chi connectivity index (χ1v) is 10.6. The molecule has 4 N–H and O–H groups in total. The zero-order valence-corrected chi connectivity index (χ0v) is 17.7. The number of ether oxygens (including phenoxy) is 1. The molecule has 6 nitrogen and oxygen atoms in total. The predicted molar refractivity (Wildman–Crippen MR) is 122 cm³/mol. The molecule has 0 aromatic rings. The van der Waals surface area contributed by atoms with Crippen molar-refractivity contribution in [1.82, 2.24) is 0 Å². The largest absolute Gasteiger partial charge is 0.446 e. The fraction of sp³-hybridized carbons (Fsp3) is 0.222. The van der Waals surface area contributed by atoms with E-state index in [0.29, 0.717) is 0 Å². The summed E-state index contributed by atoms with van der Waals surface area (Å²) in [5, 5.41) is 46.9. The van der Waals surface area contributed by atoms with Gasteiger partial charge in [0.25, 0.3) is 0 Å². The van der Waals surface area contributed by atoms with Crippen LogP contribution < -0.4 is 0 Å². The van der Waals surface area contributed by atoms with Gasteiger partial charge >= 0.3 is 5.97 Å². The van der Waals surface area contributed by atoms with E-state index in [4.69, 9.17) is 4.74 Å². The number of hydrogen-bond donors (Lipinski definition) is 4. The summed E-state index contributed by atoms with van der Waals surface area (Å²) in [4.78, 5) is 14.4. The molecule has 0 saturated heterocycles. The number of esters is 1. The van der Waals surface area contributed by atoms with Gasteiger partial charge in [-0.1, -0.05) is 60.8 Å². The highest BCUT2D eigenvalue weighted by atomic mass is 16.6. The number of aliphatic hydroxyl groups is 4. The van der Waals surface area contributed by atoms with Crippen LogP contribution >= 0.6 is 0 Å². The number of carbonyl (C=O) groups excluding carboxylic acids is 1. The first-order valence-electron chi connectivity index (χ1n) is 10.6. The van der Waals surface area contributed by atoms with Gasteiger partial charge in [-0.25, -0.2) is 0 Å². The van der Waals surface area contributed by atoms with Gasteiger partial charge in [0.15, 0.2) is 11.0 Å². The minimum Gasteiger partial charge on any atom is -0.446 e. The van der Waals surface area contributed by atoms with Gasteiger partial charge in [-0.2, -0.15) is 0 Å². The van der Waals surface area contributed by atoms with E-state index in [1.165, 1.54) is 97.2 Å². The monoisotopic (exact) mass is 444 g/mol. The smallest absolute Gasteiger partial charge is 0.324 e. The average molecular weight is 444 g/mol. The molecule has 5 aliphatic rings. The number of allylic oxidation sites excluding steroid dienone is 10. The molecule has 0 unspecified atom stereocenters. The highest BCUT2D eigenvalue weighted by Crippen LogP contribution is 2.58. The van der Waals surface area contributed by atoms with Crippen LogP contribution in [0.3, 0.4) is 0 Å². The molecule has 0 aliphatic heterocycles. The van der Waals surface area contributed by atoms with Gasteiger partial charge in [0.2, 0.25) is 0 Å². The van der Waals surface area contributed by atoms with E-state index < -0.39 is 39.4 Å². The van der Waals surface area contributed by atoms with Crippen molar-refractivity contribution in [3.8, 4) is 0 Å². The fourth-order valence-electron chi connectivity index (χ4n) is 5.40. The molecule has 5 aliphatic carbocycles. The molecule has 6 heteroatoms. The standard InChI is InChI=1S/C27H24O6/c28-21(33-26(19-9-10-20-26)22(29)11-1-2-12-22)27(23(30)13-3-4-14-23,24(31)15-5-6-16-24)25(32)17-7-8-18-25/h1-20,29-32H. The molecule has 0 aromatic heterocycles. The van der Waals surface area contributed by atoms with Crippen LogP contribution in [0.15, 0.2) is 122 Å². The third-order valence-electron chi connectivity index (χ3n) is 7.04. The van der Waals surface area contributed by atoms with Crippen LogP contribution in [-0.2, 0) is 9.53 Å². The Hall–Kier alpha value is -3.29. The van der Waals surface area contributed by atoms with Crippen LogP contribution in [0.25, 0.3) is 0 Å². The lowest BCUT2D eigenvalue weighted by Crippen LogP contribution is -2.73. The molecule has 0 aromatic carbocycles. The van der Waals surface area contributed by atoms with Crippen LogP contribution in [0.4, 0.5) is 0 Å². The Bertz CT molecular complexity index is 1040. The zero-order chi connectivity index (χ0) is 23.4. The van der Waals surface area contributed by atoms with Crippen molar-refractivity contribution in [2.75, 3.05) is 0 Å². The summed E-state index contributed by atoms with van der Waals surface area (Å²) in [7, 11) is 0. The molecule has 0 bridgehead atoms. The Balaban J connectivity index is 1.74. The number of hydrogen-bond acceptors (Lipinski definition) is 6. The molecule has 0 radical (unpaired) electrons. The zero-order valence-electron chi connectivity index (χ0n) is 17.7. The summed E-state index contributed by atoms with van der Waals surface area (Å²) in [6.45, 7) is 0. The normalized spacial score (nSPS) is 26.9. The van der Waals surface area contributed by atoms with Gasteiger partial charge in [0.1, 0.15) is 22.4 Å². The Morgan fingerprint density at radius 3 is 1.18 bits per heavy atom. The molecule has 0 fully saturated rings. The van der Waals surface area contributed by atoms with Crippen molar-refractivity contribution >= 4 is 5.97 Å². The summed E-state index contributed by atoms with van der Waals surface area (Å²) in [6.07, 6.45) is 29.7. The maximum Gasteiger partial charge on any atom is 0.324 e. The Labute approximate surface area is 191 Å². The highest BCUT2D eigenvalue weighted by molar-refractivity contribution is 5.88. The summed E-state index contributed by atoms with van der Waals surface area (Å²) in [5.41, 5.74) is -12.2. The van der Waals surface area contributed by atoms with Gasteiger partial charge in [0, 0.05) is 0 Å². The van der Waals surface area contributed by atoms with Crippen molar-refractivity contribution < 1.29 is 30.0 Å². The lowest BCUT2D eigenvalue weighted by atomic mass is 9.53. The quantitative estimate of drug-likeness (QED) is 0.466. The van der Waals surface area contributed by atoms with E-state index in [-0.39, 0.29) is 0 Å². The maximum atomic E-state index is 14.4. The second-order valence-electron chi connectivity index (χ2n) is 8.83. The van der Waals surface area contributed by atoms with E-state index in [0.717, 1.165) is 0 Å². The minimum absolute atomic E-state index is 1.11. The summed E-state index contributed by atoms with van der Waals surface area (Å²) < 4.78 is 6.04. The van der Waals surface area contributed by atoms with E-state index in [1.807, 2.05) is 0 Å². The molecular formula is C27H24O6. The molecule has 5 rings (SSSR count). The van der Waals surface area contributed by atoms with Gasteiger partial charge < -0.3 is 25.2 Å². The van der Waals surface area contributed by atoms with Crippen LogP contribution in [0.2, 0.25) is 0 Å². The van der Waals surface area contributed by atoms with E-state index in [2.05, 4.69) is 0 Å². The van der Waals surface area contributed by atoms with Crippen molar-refractivity contribution in [1.29, 1.82) is 0 Å². The lowest BCUT2D eigenvalue weighted by Gasteiger charge is -2.55. The second-order valence-corrected chi connectivity index (χ2v) is 8.83. The van der Waals surface area contributed by atoms with Crippen LogP contribution in [-0.4, -0.2) is 54.4 Å². The Morgan fingerprint density at radius 1 is 0.515 bits per heavy atom. The topological polar surface area (TPSA) is 107 Å². The van der Waals surface area contributed by atoms with Crippen molar-refractivity contribution in [3.05, 3.63) is 122 Å². The van der Waals surface area contributed by atoms with Crippen molar-refractivity contribution in [2.45, 2.75) is 28.0 Å². The second kappa shape index (κ2) is 6.85. The van der Waals surface area contributed by atoms with Gasteiger partial charge in [-0.15, -0.1) is 0 Å². The third kappa shape index (κ3) is 2.60. The van der Waals surface area contributed by atoms with E-state index in [9.17, 15) is 25.2 Å². The van der Waals surface area contributed by atoms with Gasteiger partial charge in [-0.3, -0.25) is 4.79 Å². The molecular weight excluding hydrogens is 420 g/mol. The van der Waals surface area contributed by atoms with Crippen molar-refractivity contribution in [2.24, 2.45) is 5.41 Å². The number of carbonyl (C=O) groups is 1. The molecule has 0 amide bonds. The Morgan fingerprint density at radius 2 is 0.818 bits per heavy atom. The highest BCUT2D eigenvalue weighted by Gasteiger charge is 2.75. The molecule has 0 spiro atoms. The maximum absolute atomic E-state index is 14.4. The number of rotatable bonds is 6. The molecule has 168 valence electrons. The lowest BCUT2D eigenvalue weighted by molar-refractivity contribution is -0.225. The minimum atomic E-state index is -2.41. The average Bonchev–Trinajstić information content (AvgIpc) is 3.56. The van der Waals surface area contributed by atoms with Gasteiger partial charge in [0.05, 0.1) is 0 Å². The van der Waals surface area contributed by atoms with Crippen molar-refractivity contribution in [3.63, 3.8) is 0 Å². The summed E-state index contributed by atoms with van der Waals surface area (Å²) in [5.74, 6) is -1.11. The van der Waals surface area contributed by atoms with Crippen LogP contribution in [0.1, 0.15) is 0 Å². The first-order chi connectivity index (χ1) is 15.7. The Kier molecular flexibility index (Phi) is 4.48.